The van der Waals surface area contributed by atoms with Crippen LogP contribution in [0.5, 0.6) is 11.5 Å². The van der Waals surface area contributed by atoms with E-state index in [0.29, 0.717) is 0 Å². The van der Waals surface area contributed by atoms with Gasteiger partial charge in [-0.1, -0.05) is 44.0 Å². The highest BCUT2D eigenvalue weighted by atomic mass is 79.9. The maximum Gasteiger partial charge on any atom is 0.165 e. The van der Waals surface area contributed by atoms with Gasteiger partial charge in [0.15, 0.2) is 11.5 Å². The first kappa shape index (κ1) is 13.0. The summed E-state index contributed by atoms with van der Waals surface area (Å²) in [5.41, 5.74) is 2.36. The number of ether oxygens (including phenoxy) is 2. The predicted molar refractivity (Wildman–Crippen MR) is 81.9 cm³/mol. The van der Waals surface area contributed by atoms with E-state index in [1.165, 1.54) is 11.1 Å². The zero-order chi connectivity index (χ0) is 13.4. The van der Waals surface area contributed by atoms with E-state index < -0.39 is 0 Å². The maximum absolute atomic E-state index is 6.05. The van der Waals surface area contributed by atoms with Gasteiger partial charge in [0, 0.05) is 20.9 Å². The van der Waals surface area contributed by atoms with Crippen molar-refractivity contribution in [3.05, 3.63) is 56.5 Å². The molecule has 0 aliphatic carbocycles. The van der Waals surface area contributed by atoms with E-state index in [9.17, 15) is 0 Å². The predicted octanol–water partition coefficient (Wildman–Crippen LogP) is 4.90. The molecule has 98 valence electrons. The average Bonchev–Trinajstić information content (AvgIpc) is 2.82. The summed E-state index contributed by atoms with van der Waals surface area (Å²) in [5.74, 6) is 1.64. The molecule has 0 aromatic heterocycles. The molecule has 0 saturated carbocycles. The molecule has 1 unspecified atom stereocenters. The van der Waals surface area contributed by atoms with Crippen molar-refractivity contribution in [2.75, 3.05) is 7.11 Å². The van der Waals surface area contributed by atoms with E-state index >= 15 is 0 Å². The van der Waals surface area contributed by atoms with Gasteiger partial charge in [0.05, 0.1) is 7.11 Å². The van der Waals surface area contributed by atoms with Crippen molar-refractivity contribution in [2.45, 2.75) is 12.5 Å². The van der Waals surface area contributed by atoms with Crippen LogP contribution in [0.25, 0.3) is 0 Å². The summed E-state index contributed by atoms with van der Waals surface area (Å²) >= 11 is 6.95. The minimum Gasteiger partial charge on any atom is -0.493 e. The lowest BCUT2D eigenvalue weighted by molar-refractivity contribution is 0.228. The van der Waals surface area contributed by atoms with Crippen molar-refractivity contribution in [3.63, 3.8) is 0 Å². The number of benzene rings is 2. The van der Waals surface area contributed by atoms with Gasteiger partial charge in [-0.25, -0.2) is 0 Å². The second-order valence-electron chi connectivity index (χ2n) is 4.46. The first-order chi connectivity index (χ1) is 9.17. The third kappa shape index (κ3) is 2.51. The molecule has 0 amide bonds. The quantitative estimate of drug-likeness (QED) is 0.734. The largest absolute Gasteiger partial charge is 0.493 e. The zero-order valence-electron chi connectivity index (χ0n) is 10.3. The Balaban J connectivity index is 1.93. The van der Waals surface area contributed by atoms with Gasteiger partial charge in [-0.2, -0.15) is 0 Å². The van der Waals surface area contributed by atoms with Gasteiger partial charge in [0.25, 0.3) is 0 Å². The number of hydrogen-bond donors (Lipinski definition) is 0. The van der Waals surface area contributed by atoms with Crippen LogP contribution in [0.15, 0.2) is 45.3 Å². The Morgan fingerprint density at radius 2 is 1.84 bits per heavy atom. The van der Waals surface area contributed by atoms with Gasteiger partial charge in [0.2, 0.25) is 0 Å². The van der Waals surface area contributed by atoms with Crippen LogP contribution in [0.1, 0.15) is 17.2 Å². The van der Waals surface area contributed by atoms with Gasteiger partial charge in [0.1, 0.15) is 6.10 Å². The fraction of sp³-hybridized carbons (Fsp3) is 0.200. The van der Waals surface area contributed by atoms with E-state index in [0.717, 1.165) is 26.9 Å². The van der Waals surface area contributed by atoms with Crippen molar-refractivity contribution in [1.82, 2.24) is 0 Å². The molecule has 1 aliphatic heterocycles. The summed E-state index contributed by atoms with van der Waals surface area (Å²) in [6.45, 7) is 0. The van der Waals surface area contributed by atoms with Gasteiger partial charge in [-0.15, -0.1) is 0 Å². The first-order valence-corrected chi connectivity index (χ1v) is 7.54. The highest BCUT2D eigenvalue weighted by Crippen LogP contribution is 2.44. The SMILES string of the molecule is COc1cc(Br)cc2c1OC(c1ccc(Br)cc1)C2. The van der Waals surface area contributed by atoms with Crippen LogP contribution in [-0.4, -0.2) is 7.11 Å². The van der Waals surface area contributed by atoms with E-state index in [4.69, 9.17) is 9.47 Å². The third-order valence-electron chi connectivity index (χ3n) is 3.22. The summed E-state index contributed by atoms with van der Waals surface area (Å²) in [4.78, 5) is 0. The highest BCUT2D eigenvalue weighted by molar-refractivity contribution is 9.10. The van der Waals surface area contributed by atoms with Crippen LogP contribution in [0.4, 0.5) is 0 Å². The second-order valence-corrected chi connectivity index (χ2v) is 6.29. The second kappa shape index (κ2) is 5.17. The molecule has 1 atom stereocenters. The smallest absolute Gasteiger partial charge is 0.165 e. The molecular weight excluding hydrogens is 372 g/mol. The molecule has 0 fully saturated rings. The monoisotopic (exact) mass is 382 g/mol. The Bertz CT molecular complexity index is 608. The van der Waals surface area contributed by atoms with Crippen LogP contribution in [0.3, 0.4) is 0 Å². The number of rotatable bonds is 2. The molecule has 3 rings (SSSR count). The molecule has 0 saturated heterocycles. The molecule has 0 N–H and O–H groups in total. The zero-order valence-corrected chi connectivity index (χ0v) is 13.5. The van der Waals surface area contributed by atoms with Crippen LogP contribution < -0.4 is 9.47 Å². The number of methoxy groups -OCH3 is 1. The van der Waals surface area contributed by atoms with Crippen LogP contribution in [0, 0.1) is 0 Å². The normalized spacial score (nSPS) is 16.9. The summed E-state index contributed by atoms with van der Waals surface area (Å²) in [7, 11) is 1.67. The molecule has 2 aromatic rings. The van der Waals surface area contributed by atoms with Crippen molar-refractivity contribution in [3.8, 4) is 11.5 Å². The molecule has 1 aliphatic rings. The van der Waals surface area contributed by atoms with Gasteiger partial charge >= 0.3 is 0 Å². The lowest BCUT2D eigenvalue weighted by atomic mass is 10.0. The van der Waals surface area contributed by atoms with Crippen molar-refractivity contribution < 1.29 is 9.47 Å². The summed E-state index contributed by atoms with van der Waals surface area (Å²) in [5, 5.41) is 0. The van der Waals surface area contributed by atoms with Crippen LogP contribution >= 0.6 is 31.9 Å². The first-order valence-electron chi connectivity index (χ1n) is 5.96. The fourth-order valence-electron chi connectivity index (χ4n) is 2.31. The Hall–Kier alpha value is -1.00. The average molecular weight is 384 g/mol. The molecule has 2 nitrogen and oxygen atoms in total. The van der Waals surface area contributed by atoms with Crippen molar-refractivity contribution in [1.29, 1.82) is 0 Å². The summed E-state index contributed by atoms with van der Waals surface area (Å²) in [6, 6.07) is 12.3. The topological polar surface area (TPSA) is 18.5 Å². The Kier molecular flexibility index (Phi) is 3.54. The number of halogens is 2. The molecule has 2 aromatic carbocycles. The van der Waals surface area contributed by atoms with Crippen molar-refractivity contribution >= 4 is 31.9 Å². The summed E-state index contributed by atoms with van der Waals surface area (Å²) < 4.78 is 13.5. The van der Waals surface area contributed by atoms with E-state index in [1.54, 1.807) is 7.11 Å². The van der Waals surface area contributed by atoms with Crippen LogP contribution in [0.2, 0.25) is 0 Å². The van der Waals surface area contributed by atoms with Gasteiger partial charge < -0.3 is 9.47 Å². The Labute approximate surface area is 129 Å². The highest BCUT2D eigenvalue weighted by Gasteiger charge is 2.27. The molecule has 1 heterocycles. The number of hydrogen-bond acceptors (Lipinski definition) is 2. The summed E-state index contributed by atoms with van der Waals surface area (Å²) in [6.07, 6.45) is 0.929. The maximum atomic E-state index is 6.05. The number of fused-ring (bicyclic) bond motifs is 1. The van der Waals surface area contributed by atoms with Crippen molar-refractivity contribution in [2.24, 2.45) is 0 Å². The Morgan fingerprint density at radius 1 is 1.11 bits per heavy atom. The van der Waals surface area contributed by atoms with Gasteiger partial charge in [-0.05, 0) is 29.8 Å². The fourth-order valence-corrected chi connectivity index (χ4v) is 3.06. The molecule has 0 radical (unpaired) electrons. The molecule has 4 heteroatoms. The van der Waals surface area contributed by atoms with E-state index in [2.05, 4.69) is 50.1 Å². The van der Waals surface area contributed by atoms with E-state index in [-0.39, 0.29) is 6.10 Å². The van der Waals surface area contributed by atoms with Crippen LogP contribution in [-0.2, 0) is 6.42 Å². The molecule has 19 heavy (non-hydrogen) atoms. The molecule has 0 spiro atoms. The third-order valence-corrected chi connectivity index (χ3v) is 4.21. The Morgan fingerprint density at radius 3 is 2.53 bits per heavy atom. The standard InChI is InChI=1S/C15H12Br2O2/c1-18-14-8-12(17)6-10-7-13(19-15(10)14)9-2-4-11(16)5-3-9/h2-6,8,13H,7H2,1H3. The minimum atomic E-state index is 0.0614. The molecule has 0 bridgehead atoms. The lowest BCUT2D eigenvalue weighted by Crippen LogP contribution is -2.02. The minimum absolute atomic E-state index is 0.0614. The van der Waals surface area contributed by atoms with Gasteiger partial charge in [-0.3, -0.25) is 0 Å². The lowest BCUT2D eigenvalue weighted by Gasteiger charge is -2.12. The molecular formula is C15H12Br2O2. The van der Waals surface area contributed by atoms with E-state index in [1.807, 2.05) is 18.2 Å².